The van der Waals surface area contributed by atoms with E-state index in [0.717, 1.165) is 44.1 Å². The number of aromatic amines is 1. The Morgan fingerprint density at radius 1 is 1.55 bits per heavy atom. The maximum Gasteiger partial charge on any atom is 0.244 e. The zero-order chi connectivity index (χ0) is 14.6. The number of rotatable bonds is 6. The van der Waals surface area contributed by atoms with Crippen LogP contribution in [0.5, 0.6) is 0 Å². The second-order valence-electron chi connectivity index (χ2n) is 6.21. The number of hydrogen-bond acceptors (Lipinski definition) is 5. The van der Waals surface area contributed by atoms with Gasteiger partial charge in [0.15, 0.2) is 0 Å². The van der Waals surface area contributed by atoms with Crippen molar-refractivity contribution in [3.8, 4) is 0 Å². The van der Waals surface area contributed by atoms with Crippen LogP contribution in [0.3, 0.4) is 0 Å². The van der Waals surface area contributed by atoms with E-state index in [1.165, 1.54) is 6.42 Å². The Bertz CT molecular complexity index is 421. The first-order valence-electron chi connectivity index (χ1n) is 7.45. The summed E-state index contributed by atoms with van der Waals surface area (Å²) in [7, 11) is 1.73. The maximum atomic E-state index is 5.89. The van der Waals surface area contributed by atoms with Crippen LogP contribution in [-0.4, -0.2) is 48.0 Å². The van der Waals surface area contributed by atoms with Gasteiger partial charge in [0, 0.05) is 26.6 Å². The van der Waals surface area contributed by atoms with Crippen molar-refractivity contribution in [1.29, 1.82) is 0 Å². The molecule has 1 aliphatic rings. The summed E-state index contributed by atoms with van der Waals surface area (Å²) in [5.41, 5.74) is 6.07. The molecule has 0 saturated carbocycles. The second-order valence-corrected chi connectivity index (χ2v) is 6.21. The van der Waals surface area contributed by atoms with E-state index in [-0.39, 0.29) is 11.5 Å². The van der Waals surface area contributed by atoms with Crippen molar-refractivity contribution in [2.45, 2.75) is 45.6 Å². The zero-order valence-corrected chi connectivity index (χ0v) is 12.9. The number of aryl methyl sites for hydroxylation is 1. The van der Waals surface area contributed by atoms with Crippen LogP contribution in [0.1, 0.15) is 38.9 Å². The molecule has 20 heavy (non-hydrogen) atoms. The summed E-state index contributed by atoms with van der Waals surface area (Å²) in [6, 6.07) is 0. The van der Waals surface area contributed by atoms with Crippen LogP contribution in [0.15, 0.2) is 0 Å². The number of nitrogens with two attached hydrogens (primary N) is 1. The van der Waals surface area contributed by atoms with Crippen LogP contribution in [0, 0.1) is 5.41 Å². The van der Waals surface area contributed by atoms with Gasteiger partial charge in [-0.25, -0.2) is 0 Å². The number of piperidine rings is 1. The van der Waals surface area contributed by atoms with E-state index in [1.54, 1.807) is 7.11 Å². The Morgan fingerprint density at radius 2 is 2.35 bits per heavy atom. The van der Waals surface area contributed by atoms with Crippen molar-refractivity contribution in [2.24, 2.45) is 11.1 Å². The first-order valence-corrected chi connectivity index (χ1v) is 7.45. The molecule has 2 atom stereocenters. The number of nitrogens with zero attached hydrogens (tertiary/aromatic N) is 3. The van der Waals surface area contributed by atoms with Gasteiger partial charge in [-0.1, -0.05) is 6.92 Å². The van der Waals surface area contributed by atoms with Crippen LogP contribution in [-0.2, 0) is 11.2 Å². The Labute approximate surface area is 121 Å². The van der Waals surface area contributed by atoms with Gasteiger partial charge in [0.05, 0.1) is 6.10 Å². The number of nitrogens with one attached hydrogen (secondary N) is 1. The number of H-pyrrole nitrogens is 1. The number of anilines is 1. The summed E-state index contributed by atoms with van der Waals surface area (Å²) < 4.78 is 5.25. The summed E-state index contributed by atoms with van der Waals surface area (Å²) in [5.74, 6) is 1.74. The second kappa shape index (κ2) is 6.54. The molecule has 3 N–H and O–H groups in total. The summed E-state index contributed by atoms with van der Waals surface area (Å²) in [4.78, 5) is 6.85. The van der Waals surface area contributed by atoms with Gasteiger partial charge in [-0.15, -0.1) is 5.10 Å². The molecule has 1 saturated heterocycles. The van der Waals surface area contributed by atoms with E-state index in [4.69, 9.17) is 10.5 Å². The van der Waals surface area contributed by atoms with E-state index in [9.17, 15) is 0 Å². The van der Waals surface area contributed by atoms with Crippen LogP contribution >= 0.6 is 0 Å². The molecule has 0 bridgehead atoms. The van der Waals surface area contributed by atoms with Crippen molar-refractivity contribution in [2.75, 3.05) is 31.6 Å². The van der Waals surface area contributed by atoms with Crippen LogP contribution in [0.4, 0.5) is 5.95 Å². The molecule has 0 aromatic carbocycles. The molecule has 1 aromatic heterocycles. The predicted molar refractivity (Wildman–Crippen MR) is 79.8 cm³/mol. The standard InChI is InChI=1S/C14H27N5O/c1-11(20-3)5-6-12-16-13(18-17-12)19-8-4-7-14(2,9-15)10-19/h11H,4-10,15H2,1-3H3,(H,16,17,18). The Balaban J connectivity index is 1.94. The van der Waals surface area contributed by atoms with Gasteiger partial charge in [-0.2, -0.15) is 4.98 Å². The van der Waals surface area contributed by atoms with Gasteiger partial charge in [-0.05, 0) is 38.1 Å². The normalized spacial score (nSPS) is 24.9. The Kier molecular flexibility index (Phi) is 4.99. The smallest absolute Gasteiger partial charge is 0.244 e. The molecular weight excluding hydrogens is 254 g/mol. The quantitative estimate of drug-likeness (QED) is 0.822. The first kappa shape index (κ1) is 15.3. The average Bonchev–Trinajstić information content (AvgIpc) is 2.93. The molecule has 0 aliphatic carbocycles. The Morgan fingerprint density at radius 3 is 3.05 bits per heavy atom. The first-order chi connectivity index (χ1) is 9.56. The van der Waals surface area contributed by atoms with Gasteiger partial charge >= 0.3 is 0 Å². The van der Waals surface area contributed by atoms with Crippen molar-refractivity contribution in [1.82, 2.24) is 15.2 Å². The van der Waals surface area contributed by atoms with Crippen LogP contribution in [0.2, 0.25) is 0 Å². The molecule has 2 unspecified atom stereocenters. The van der Waals surface area contributed by atoms with Gasteiger partial charge < -0.3 is 15.4 Å². The highest BCUT2D eigenvalue weighted by atomic mass is 16.5. The number of aromatic nitrogens is 3. The lowest BCUT2D eigenvalue weighted by Gasteiger charge is -2.39. The number of methoxy groups -OCH3 is 1. The summed E-state index contributed by atoms with van der Waals surface area (Å²) in [6.07, 6.45) is 4.40. The molecular formula is C14H27N5O. The van der Waals surface area contributed by atoms with Gasteiger partial charge in [-0.3, -0.25) is 5.10 Å². The van der Waals surface area contributed by atoms with E-state index in [2.05, 4.69) is 33.9 Å². The molecule has 2 rings (SSSR count). The molecule has 2 heterocycles. The third-order valence-corrected chi connectivity index (χ3v) is 4.27. The molecule has 6 nitrogen and oxygen atoms in total. The predicted octanol–water partition coefficient (Wildman–Crippen LogP) is 1.34. The highest BCUT2D eigenvalue weighted by Crippen LogP contribution is 2.29. The third kappa shape index (κ3) is 3.70. The molecule has 114 valence electrons. The molecule has 1 aromatic rings. The van der Waals surface area contributed by atoms with E-state index in [1.807, 2.05) is 0 Å². The minimum Gasteiger partial charge on any atom is -0.382 e. The highest BCUT2D eigenvalue weighted by Gasteiger charge is 2.31. The van der Waals surface area contributed by atoms with Crippen LogP contribution in [0.25, 0.3) is 0 Å². The molecule has 6 heteroatoms. The lowest BCUT2D eigenvalue weighted by Crippen LogP contribution is -2.46. The summed E-state index contributed by atoms with van der Waals surface area (Å²) in [6.45, 7) is 6.98. The minimum absolute atomic E-state index is 0.184. The van der Waals surface area contributed by atoms with Crippen molar-refractivity contribution in [3.63, 3.8) is 0 Å². The highest BCUT2D eigenvalue weighted by molar-refractivity contribution is 5.30. The lowest BCUT2D eigenvalue weighted by atomic mass is 9.82. The van der Waals surface area contributed by atoms with Crippen LogP contribution < -0.4 is 10.6 Å². The number of hydrogen-bond donors (Lipinski definition) is 2. The zero-order valence-electron chi connectivity index (χ0n) is 12.9. The van der Waals surface area contributed by atoms with Crippen molar-refractivity contribution < 1.29 is 4.74 Å². The maximum absolute atomic E-state index is 5.89. The molecule has 1 aliphatic heterocycles. The largest absolute Gasteiger partial charge is 0.382 e. The van der Waals surface area contributed by atoms with E-state index in [0.29, 0.717) is 6.54 Å². The van der Waals surface area contributed by atoms with Gasteiger partial charge in [0.2, 0.25) is 5.95 Å². The minimum atomic E-state index is 0.184. The average molecular weight is 281 g/mol. The van der Waals surface area contributed by atoms with Gasteiger partial charge in [0.1, 0.15) is 5.82 Å². The number of ether oxygens (including phenoxy) is 1. The fourth-order valence-corrected chi connectivity index (χ4v) is 2.65. The van der Waals surface area contributed by atoms with Gasteiger partial charge in [0.25, 0.3) is 0 Å². The van der Waals surface area contributed by atoms with Crippen molar-refractivity contribution in [3.05, 3.63) is 5.82 Å². The van der Waals surface area contributed by atoms with E-state index < -0.39 is 0 Å². The molecule has 0 radical (unpaired) electrons. The lowest BCUT2D eigenvalue weighted by molar-refractivity contribution is 0.111. The molecule has 1 fully saturated rings. The fraction of sp³-hybridized carbons (Fsp3) is 0.857. The SMILES string of the molecule is COC(C)CCc1nc(N2CCCC(C)(CN)C2)n[nH]1. The monoisotopic (exact) mass is 281 g/mol. The topological polar surface area (TPSA) is 80.1 Å². The third-order valence-electron chi connectivity index (χ3n) is 4.27. The summed E-state index contributed by atoms with van der Waals surface area (Å²) >= 11 is 0. The Hall–Kier alpha value is -1.14. The van der Waals surface area contributed by atoms with E-state index >= 15 is 0 Å². The fourth-order valence-electron chi connectivity index (χ4n) is 2.65. The summed E-state index contributed by atoms with van der Waals surface area (Å²) in [5, 5.41) is 7.39. The molecule has 0 amide bonds. The molecule has 0 spiro atoms. The van der Waals surface area contributed by atoms with Crippen molar-refractivity contribution >= 4 is 5.95 Å².